The zero-order valence-electron chi connectivity index (χ0n) is 16.9. The Labute approximate surface area is 167 Å². The predicted molar refractivity (Wildman–Crippen MR) is 112 cm³/mol. The van der Waals surface area contributed by atoms with Gasteiger partial charge in [-0.1, -0.05) is 32.0 Å². The zero-order valence-corrected chi connectivity index (χ0v) is 17.7. The SMILES string of the molecule is CC(C)[C@H](C)NC(=O)[C@H](C)N(c1ccc(Oc2ccccc2)cc1)S(C)(=O)=O. The lowest BCUT2D eigenvalue weighted by atomic mass is 10.1. The lowest BCUT2D eigenvalue weighted by Crippen LogP contribution is -2.50. The summed E-state index contributed by atoms with van der Waals surface area (Å²) in [4.78, 5) is 12.6. The van der Waals surface area contributed by atoms with E-state index in [4.69, 9.17) is 4.74 Å². The zero-order chi connectivity index (χ0) is 20.9. The first-order valence-electron chi connectivity index (χ1n) is 9.22. The van der Waals surface area contributed by atoms with Crippen LogP contribution in [0, 0.1) is 5.92 Å². The number of para-hydroxylation sites is 1. The van der Waals surface area contributed by atoms with E-state index in [2.05, 4.69) is 5.32 Å². The van der Waals surface area contributed by atoms with Crippen molar-refractivity contribution in [3.05, 3.63) is 54.6 Å². The quantitative estimate of drug-likeness (QED) is 0.726. The highest BCUT2D eigenvalue weighted by Gasteiger charge is 2.30. The summed E-state index contributed by atoms with van der Waals surface area (Å²) in [5.74, 6) is 1.17. The molecule has 0 spiro atoms. The number of hydrogen-bond acceptors (Lipinski definition) is 4. The second-order valence-corrected chi connectivity index (χ2v) is 9.04. The van der Waals surface area contributed by atoms with Crippen molar-refractivity contribution in [2.75, 3.05) is 10.6 Å². The van der Waals surface area contributed by atoms with Crippen molar-refractivity contribution < 1.29 is 17.9 Å². The standard InChI is InChI=1S/C21H28N2O4S/c1-15(2)16(3)22-21(24)17(4)23(28(5,25)26)18-11-13-20(14-12-18)27-19-9-7-6-8-10-19/h6-17H,1-5H3,(H,22,24)/t16-,17-/m0/s1. The molecule has 28 heavy (non-hydrogen) atoms. The molecule has 2 rings (SSSR count). The normalized spacial score (nSPS) is 13.6. The van der Waals surface area contributed by atoms with E-state index in [1.807, 2.05) is 51.1 Å². The molecule has 0 unspecified atom stereocenters. The van der Waals surface area contributed by atoms with Gasteiger partial charge in [-0.2, -0.15) is 0 Å². The van der Waals surface area contributed by atoms with Crippen LogP contribution in [0.3, 0.4) is 0 Å². The molecule has 7 heteroatoms. The number of nitrogens with zero attached hydrogens (tertiary/aromatic N) is 1. The Morgan fingerprint density at radius 3 is 1.96 bits per heavy atom. The van der Waals surface area contributed by atoms with Crippen molar-refractivity contribution in [1.82, 2.24) is 5.32 Å². The third-order valence-electron chi connectivity index (χ3n) is 4.53. The van der Waals surface area contributed by atoms with Gasteiger partial charge in [0.05, 0.1) is 11.9 Å². The Kier molecular flexibility index (Phi) is 7.07. The van der Waals surface area contributed by atoms with Crippen molar-refractivity contribution in [3.8, 4) is 11.5 Å². The summed E-state index contributed by atoms with van der Waals surface area (Å²) < 4.78 is 31.6. The van der Waals surface area contributed by atoms with Crippen LogP contribution >= 0.6 is 0 Å². The molecule has 0 aromatic heterocycles. The maximum absolute atomic E-state index is 12.6. The van der Waals surface area contributed by atoms with Crippen LogP contribution in [0.25, 0.3) is 0 Å². The summed E-state index contributed by atoms with van der Waals surface area (Å²) >= 11 is 0. The summed E-state index contributed by atoms with van der Waals surface area (Å²) in [6.45, 7) is 7.47. The van der Waals surface area contributed by atoms with Crippen molar-refractivity contribution in [2.24, 2.45) is 5.92 Å². The van der Waals surface area contributed by atoms with E-state index < -0.39 is 16.1 Å². The van der Waals surface area contributed by atoms with Gasteiger partial charge in [0, 0.05) is 6.04 Å². The minimum absolute atomic E-state index is 0.0574. The third-order valence-corrected chi connectivity index (χ3v) is 5.77. The number of carbonyl (C=O) groups excluding carboxylic acids is 1. The average molecular weight is 405 g/mol. The van der Waals surface area contributed by atoms with Crippen LogP contribution in [0.5, 0.6) is 11.5 Å². The van der Waals surface area contributed by atoms with Gasteiger partial charge in [0.15, 0.2) is 0 Å². The third kappa shape index (κ3) is 5.73. The van der Waals surface area contributed by atoms with E-state index in [0.29, 0.717) is 17.2 Å². The number of sulfonamides is 1. The number of amides is 1. The van der Waals surface area contributed by atoms with Crippen molar-refractivity contribution in [3.63, 3.8) is 0 Å². The van der Waals surface area contributed by atoms with Gasteiger partial charge in [-0.3, -0.25) is 9.10 Å². The molecule has 0 radical (unpaired) electrons. The summed E-state index contributed by atoms with van der Waals surface area (Å²) in [6.07, 6.45) is 1.09. The van der Waals surface area contributed by atoms with Crippen LogP contribution in [-0.4, -0.2) is 32.7 Å². The summed E-state index contributed by atoms with van der Waals surface area (Å²) in [5.41, 5.74) is 0.405. The first-order chi connectivity index (χ1) is 13.1. The highest BCUT2D eigenvalue weighted by Crippen LogP contribution is 2.27. The Bertz CT molecular complexity index is 880. The molecule has 1 N–H and O–H groups in total. The van der Waals surface area contributed by atoms with Gasteiger partial charge in [0.1, 0.15) is 17.5 Å². The number of ether oxygens (including phenoxy) is 1. The van der Waals surface area contributed by atoms with E-state index >= 15 is 0 Å². The number of benzene rings is 2. The fraction of sp³-hybridized carbons (Fsp3) is 0.381. The van der Waals surface area contributed by atoms with Gasteiger partial charge in [0.25, 0.3) is 0 Å². The van der Waals surface area contributed by atoms with E-state index in [1.54, 1.807) is 31.2 Å². The fourth-order valence-electron chi connectivity index (χ4n) is 2.61. The molecule has 0 aliphatic rings. The van der Waals surface area contributed by atoms with E-state index in [1.165, 1.54) is 0 Å². The molecular weight excluding hydrogens is 376 g/mol. The molecule has 6 nitrogen and oxygen atoms in total. The molecule has 1 amide bonds. The Morgan fingerprint density at radius 2 is 1.46 bits per heavy atom. The molecule has 2 aromatic rings. The van der Waals surface area contributed by atoms with E-state index in [9.17, 15) is 13.2 Å². The summed E-state index contributed by atoms with van der Waals surface area (Å²) in [7, 11) is -3.66. The van der Waals surface area contributed by atoms with Gasteiger partial charge in [-0.15, -0.1) is 0 Å². The Morgan fingerprint density at radius 1 is 0.929 bits per heavy atom. The molecule has 0 heterocycles. The highest BCUT2D eigenvalue weighted by atomic mass is 32.2. The van der Waals surface area contributed by atoms with E-state index in [0.717, 1.165) is 10.6 Å². The van der Waals surface area contributed by atoms with Crippen LogP contribution in [0.4, 0.5) is 5.69 Å². The molecule has 0 saturated carbocycles. The molecule has 0 fully saturated rings. The Hall–Kier alpha value is -2.54. The minimum Gasteiger partial charge on any atom is -0.457 e. The first kappa shape index (κ1) is 21.8. The van der Waals surface area contributed by atoms with Crippen molar-refractivity contribution in [2.45, 2.75) is 39.8 Å². The lowest BCUT2D eigenvalue weighted by Gasteiger charge is -2.30. The number of anilines is 1. The fourth-order valence-corrected chi connectivity index (χ4v) is 3.78. The second-order valence-electron chi connectivity index (χ2n) is 7.19. The van der Waals surface area contributed by atoms with Crippen LogP contribution in [0.15, 0.2) is 54.6 Å². The van der Waals surface area contributed by atoms with Crippen LogP contribution < -0.4 is 14.4 Å². The van der Waals surface area contributed by atoms with Gasteiger partial charge < -0.3 is 10.1 Å². The number of carbonyl (C=O) groups is 1. The smallest absolute Gasteiger partial charge is 0.243 e. The van der Waals surface area contributed by atoms with Gasteiger partial charge in [0.2, 0.25) is 15.9 Å². The topological polar surface area (TPSA) is 75.7 Å². The molecule has 0 aliphatic carbocycles. The van der Waals surface area contributed by atoms with Crippen molar-refractivity contribution in [1.29, 1.82) is 0 Å². The molecule has 2 aromatic carbocycles. The minimum atomic E-state index is -3.66. The number of nitrogens with one attached hydrogen (secondary N) is 1. The van der Waals surface area contributed by atoms with E-state index in [-0.39, 0.29) is 17.9 Å². The molecule has 0 bridgehead atoms. The maximum atomic E-state index is 12.6. The largest absolute Gasteiger partial charge is 0.457 e. The number of hydrogen-bond donors (Lipinski definition) is 1. The van der Waals surface area contributed by atoms with Gasteiger partial charge in [-0.05, 0) is 56.2 Å². The molecular formula is C21H28N2O4S. The summed E-state index contributed by atoms with van der Waals surface area (Å²) in [5, 5.41) is 2.88. The maximum Gasteiger partial charge on any atom is 0.243 e. The molecule has 152 valence electrons. The lowest BCUT2D eigenvalue weighted by molar-refractivity contribution is -0.122. The number of rotatable bonds is 8. The van der Waals surface area contributed by atoms with Crippen LogP contribution in [0.1, 0.15) is 27.7 Å². The Balaban J connectivity index is 2.22. The molecule has 2 atom stereocenters. The second kappa shape index (κ2) is 9.10. The predicted octanol–water partition coefficient (Wildman–Crippen LogP) is 3.79. The summed E-state index contributed by atoms with van der Waals surface area (Å²) in [6, 6.07) is 15.0. The van der Waals surface area contributed by atoms with Gasteiger partial charge in [-0.25, -0.2) is 8.42 Å². The monoisotopic (exact) mass is 404 g/mol. The average Bonchev–Trinajstić information content (AvgIpc) is 2.62. The molecule has 0 saturated heterocycles. The highest BCUT2D eigenvalue weighted by molar-refractivity contribution is 7.92. The molecule has 0 aliphatic heterocycles. The first-order valence-corrected chi connectivity index (χ1v) is 11.1. The van der Waals surface area contributed by atoms with Crippen molar-refractivity contribution >= 4 is 21.6 Å². The van der Waals surface area contributed by atoms with Crippen LogP contribution in [-0.2, 0) is 14.8 Å². The van der Waals surface area contributed by atoms with Crippen LogP contribution in [0.2, 0.25) is 0 Å². The van der Waals surface area contributed by atoms with Gasteiger partial charge >= 0.3 is 0 Å².